The number of benzene rings is 1. The number of nitrogen functional groups attached to an aromatic ring is 1. The van der Waals surface area contributed by atoms with Crippen molar-refractivity contribution in [2.45, 2.75) is 13.5 Å². The van der Waals surface area contributed by atoms with Crippen molar-refractivity contribution in [2.24, 2.45) is 0 Å². The molecule has 3 rings (SSSR count). The Labute approximate surface area is 146 Å². The van der Waals surface area contributed by atoms with E-state index in [1.165, 1.54) is 0 Å². The lowest BCUT2D eigenvalue weighted by Crippen LogP contribution is -2.33. The van der Waals surface area contributed by atoms with Crippen molar-refractivity contribution in [1.82, 2.24) is 4.98 Å². The van der Waals surface area contributed by atoms with E-state index in [2.05, 4.69) is 9.88 Å². The number of anilines is 2. The second kappa shape index (κ2) is 7.32. The van der Waals surface area contributed by atoms with Crippen LogP contribution in [0.4, 0.5) is 11.4 Å². The van der Waals surface area contributed by atoms with Crippen LogP contribution in [0.5, 0.6) is 5.75 Å². The van der Waals surface area contributed by atoms with Crippen molar-refractivity contribution in [3.8, 4) is 5.75 Å². The number of halogens is 1. The number of nitrogens with two attached hydrogens (primary N) is 1. The summed E-state index contributed by atoms with van der Waals surface area (Å²) in [5.41, 5.74) is 9.79. The van der Waals surface area contributed by atoms with Crippen LogP contribution >= 0.6 is 23.4 Å². The zero-order valence-electron chi connectivity index (χ0n) is 13.1. The van der Waals surface area contributed by atoms with Crippen molar-refractivity contribution >= 4 is 34.7 Å². The Morgan fingerprint density at radius 3 is 2.83 bits per heavy atom. The zero-order chi connectivity index (χ0) is 16.2. The highest BCUT2D eigenvalue weighted by atomic mass is 35.5. The first kappa shape index (κ1) is 16.3. The average Bonchev–Trinajstić information content (AvgIpc) is 2.56. The van der Waals surface area contributed by atoms with Gasteiger partial charge in [-0.1, -0.05) is 17.7 Å². The number of rotatable bonds is 4. The topological polar surface area (TPSA) is 51.4 Å². The molecule has 1 aromatic heterocycles. The summed E-state index contributed by atoms with van der Waals surface area (Å²) in [5, 5.41) is 0.492. The molecule has 0 radical (unpaired) electrons. The monoisotopic (exact) mass is 349 g/mol. The van der Waals surface area contributed by atoms with Crippen LogP contribution in [-0.2, 0) is 6.61 Å². The lowest BCUT2D eigenvalue weighted by molar-refractivity contribution is 0.307. The minimum absolute atomic E-state index is 0.360. The Hall–Kier alpha value is -1.59. The molecule has 2 N–H and O–H groups in total. The molecule has 6 heteroatoms. The minimum atomic E-state index is 0.360. The molecule has 0 atom stereocenters. The number of nitrogens with zero attached hydrogens (tertiary/aromatic N) is 2. The predicted molar refractivity (Wildman–Crippen MR) is 98.7 cm³/mol. The molecule has 0 unspecified atom stereocenters. The van der Waals surface area contributed by atoms with Crippen LogP contribution in [-0.4, -0.2) is 29.6 Å². The maximum atomic E-state index is 6.33. The molecule has 0 bridgehead atoms. The molecule has 1 aliphatic heterocycles. The maximum Gasteiger partial charge on any atom is 0.142 e. The van der Waals surface area contributed by atoms with Gasteiger partial charge in [-0.3, -0.25) is 0 Å². The van der Waals surface area contributed by atoms with Crippen molar-refractivity contribution < 1.29 is 4.74 Å². The highest BCUT2D eigenvalue weighted by Gasteiger charge is 2.18. The summed E-state index contributed by atoms with van der Waals surface area (Å²) in [4.78, 5) is 6.55. The Kier molecular flexibility index (Phi) is 5.18. The number of thioether (sulfide) groups is 1. The molecule has 0 amide bonds. The molecule has 2 aromatic rings. The Balaban J connectivity index is 1.81. The number of pyridine rings is 1. The molecular weight excluding hydrogens is 330 g/mol. The molecule has 0 spiro atoms. The summed E-state index contributed by atoms with van der Waals surface area (Å²) in [5.74, 6) is 2.94. The number of aryl methyl sites for hydroxylation is 1. The quantitative estimate of drug-likeness (QED) is 0.672. The molecule has 0 aliphatic carbocycles. The van der Waals surface area contributed by atoms with Crippen molar-refractivity contribution in [3.63, 3.8) is 0 Å². The smallest absolute Gasteiger partial charge is 0.142 e. The zero-order valence-corrected chi connectivity index (χ0v) is 14.7. The summed E-state index contributed by atoms with van der Waals surface area (Å²) in [6.07, 6.45) is 1.75. The van der Waals surface area contributed by atoms with Gasteiger partial charge >= 0.3 is 0 Å². The fraction of sp³-hybridized carbons (Fsp3) is 0.353. The van der Waals surface area contributed by atoms with Gasteiger partial charge in [0.1, 0.15) is 17.5 Å². The highest BCUT2D eigenvalue weighted by molar-refractivity contribution is 7.99. The molecule has 0 saturated carbocycles. The van der Waals surface area contributed by atoms with E-state index < -0.39 is 0 Å². The summed E-state index contributed by atoms with van der Waals surface area (Å²) in [6, 6.07) is 7.80. The molecular formula is C17H20ClN3OS. The SMILES string of the molecule is Cc1ccc(OCc2c(N3CCSCC3)ccnc2Cl)c(N)c1. The normalized spacial score (nSPS) is 14.8. The largest absolute Gasteiger partial charge is 0.487 e. The Morgan fingerprint density at radius 1 is 1.30 bits per heavy atom. The van der Waals surface area contributed by atoms with Crippen molar-refractivity contribution in [1.29, 1.82) is 0 Å². The summed E-state index contributed by atoms with van der Waals surface area (Å²) < 4.78 is 5.91. The fourth-order valence-electron chi connectivity index (χ4n) is 2.64. The molecule has 2 heterocycles. The highest BCUT2D eigenvalue weighted by Crippen LogP contribution is 2.30. The van der Waals surface area contributed by atoms with E-state index in [-0.39, 0.29) is 0 Å². The number of hydrogen-bond acceptors (Lipinski definition) is 5. The van der Waals surface area contributed by atoms with Crippen LogP contribution in [0, 0.1) is 6.92 Å². The third-order valence-electron chi connectivity index (χ3n) is 3.87. The van der Waals surface area contributed by atoms with Gasteiger partial charge < -0.3 is 15.4 Å². The van der Waals surface area contributed by atoms with Gasteiger partial charge in [-0.15, -0.1) is 0 Å². The van der Waals surface area contributed by atoms with Crippen LogP contribution < -0.4 is 15.4 Å². The van der Waals surface area contributed by atoms with Crippen LogP contribution in [0.3, 0.4) is 0 Å². The molecule has 1 aliphatic rings. The van der Waals surface area contributed by atoms with E-state index in [0.29, 0.717) is 23.2 Å². The van der Waals surface area contributed by atoms with E-state index in [4.69, 9.17) is 22.1 Å². The standard InChI is InChI=1S/C17H20ClN3OS/c1-12-2-3-16(14(19)10-12)22-11-13-15(4-5-20-17(13)18)21-6-8-23-9-7-21/h2-5,10H,6-9,11,19H2,1H3. The Bertz CT molecular complexity index is 690. The molecule has 4 nitrogen and oxygen atoms in total. The number of ether oxygens (including phenoxy) is 1. The lowest BCUT2D eigenvalue weighted by Gasteiger charge is -2.30. The van der Waals surface area contributed by atoms with Crippen molar-refractivity contribution in [2.75, 3.05) is 35.2 Å². The first-order valence-corrected chi connectivity index (χ1v) is 9.13. The van der Waals surface area contributed by atoms with Gasteiger partial charge in [0, 0.05) is 36.5 Å². The van der Waals surface area contributed by atoms with Crippen LogP contribution in [0.1, 0.15) is 11.1 Å². The molecule has 1 saturated heterocycles. The van der Waals surface area contributed by atoms with Gasteiger partial charge in [-0.2, -0.15) is 11.8 Å². The fourth-order valence-corrected chi connectivity index (χ4v) is 3.75. The molecule has 1 fully saturated rings. The molecule has 23 heavy (non-hydrogen) atoms. The minimum Gasteiger partial charge on any atom is -0.487 e. The lowest BCUT2D eigenvalue weighted by atomic mass is 10.2. The van der Waals surface area contributed by atoms with E-state index in [1.54, 1.807) is 6.20 Å². The van der Waals surface area contributed by atoms with E-state index in [9.17, 15) is 0 Å². The van der Waals surface area contributed by atoms with Gasteiger partial charge in [0.25, 0.3) is 0 Å². The van der Waals surface area contributed by atoms with Crippen LogP contribution in [0.2, 0.25) is 5.15 Å². The predicted octanol–water partition coefficient (Wildman–Crippen LogP) is 3.76. The maximum absolute atomic E-state index is 6.33. The van der Waals surface area contributed by atoms with Crippen molar-refractivity contribution in [3.05, 3.63) is 46.7 Å². The van der Waals surface area contributed by atoms with Gasteiger partial charge in [0.15, 0.2) is 0 Å². The number of hydrogen-bond donors (Lipinski definition) is 1. The van der Waals surface area contributed by atoms with E-state index in [0.717, 1.165) is 41.4 Å². The third-order valence-corrected chi connectivity index (χ3v) is 5.14. The van der Waals surface area contributed by atoms with E-state index >= 15 is 0 Å². The van der Waals surface area contributed by atoms with Gasteiger partial charge in [0.2, 0.25) is 0 Å². The average molecular weight is 350 g/mol. The Morgan fingerprint density at radius 2 is 2.09 bits per heavy atom. The second-order valence-corrected chi connectivity index (χ2v) is 7.11. The van der Waals surface area contributed by atoms with Gasteiger partial charge in [0.05, 0.1) is 11.3 Å². The summed E-state index contributed by atoms with van der Waals surface area (Å²) >= 11 is 8.30. The summed E-state index contributed by atoms with van der Waals surface area (Å²) in [6.45, 7) is 4.40. The van der Waals surface area contributed by atoms with Crippen LogP contribution in [0.15, 0.2) is 30.5 Å². The second-order valence-electron chi connectivity index (χ2n) is 5.53. The molecule has 122 valence electrons. The number of aromatic nitrogens is 1. The van der Waals surface area contributed by atoms with Gasteiger partial charge in [-0.25, -0.2) is 4.98 Å². The molecule has 1 aromatic carbocycles. The van der Waals surface area contributed by atoms with Gasteiger partial charge in [-0.05, 0) is 30.7 Å². The first-order chi connectivity index (χ1) is 11.1. The summed E-state index contributed by atoms with van der Waals surface area (Å²) in [7, 11) is 0. The first-order valence-electron chi connectivity index (χ1n) is 7.60. The van der Waals surface area contributed by atoms with Crippen LogP contribution in [0.25, 0.3) is 0 Å². The third kappa shape index (κ3) is 3.85. The van der Waals surface area contributed by atoms with E-state index in [1.807, 2.05) is 43.0 Å².